The van der Waals surface area contributed by atoms with Crippen LogP contribution in [0, 0.1) is 0 Å². The van der Waals surface area contributed by atoms with Gasteiger partial charge in [-0.2, -0.15) is 4.98 Å². The van der Waals surface area contributed by atoms with Crippen molar-refractivity contribution < 1.29 is 17.4 Å². The average molecular weight is 300 g/mol. The van der Waals surface area contributed by atoms with Gasteiger partial charge in [-0.3, -0.25) is 0 Å². The maximum Gasteiger partial charge on any atom is 0.274 e. The van der Waals surface area contributed by atoms with E-state index in [4.69, 9.17) is 4.42 Å². The Kier molecular flexibility index (Phi) is 4.88. The molecule has 0 aliphatic rings. The van der Waals surface area contributed by atoms with E-state index in [1.807, 2.05) is 6.92 Å². The predicted octanol–water partition coefficient (Wildman–Crippen LogP) is 0.641. The van der Waals surface area contributed by atoms with Gasteiger partial charge in [-0.25, -0.2) is 13.1 Å². The van der Waals surface area contributed by atoms with Gasteiger partial charge in [0.15, 0.2) is 5.82 Å². The first-order chi connectivity index (χ1) is 9.62. The Morgan fingerprint density at radius 3 is 2.85 bits per heavy atom. The first-order valence-corrected chi connectivity index (χ1v) is 7.64. The topological polar surface area (TPSA) is 110 Å². The quantitative estimate of drug-likeness (QED) is 0.688. The van der Waals surface area contributed by atoms with Crippen LogP contribution in [0.5, 0.6) is 0 Å². The normalized spacial score (nSPS) is 11.8. The molecular weight excluding hydrogens is 284 g/mol. The highest BCUT2D eigenvalue weighted by molar-refractivity contribution is 7.89. The van der Waals surface area contributed by atoms with Crippen molar-refractivity contribution >= 4 is 10.0 Å². The number of nitrogens with one attached hydrogen (secondary N) is 2. The lowest BCUT2D eigenvalue weighted by Crippen LogP contribution is -2.23. The van der Waals surface area contributed by atoms with Crippen LogP contribution in [0.2, 0.25) is 0 Å². The van der Waals surface area contributed by atoms with E-state index in [2.05, 4.69) is 24.7 Å². The highest BCUT2D eigenvalue weighted by Crippen LogP contribution is 2.13. The number of rotatable bonds is 8. The number of furan rings is 1. The van der Waals surface area contributed by atoms with Crippen molar-refractivity contribution in [1.82, 2.24) is 20.2 Å². The molecule has 8 nitrogen and oxygen atoms in total. The summed E-state index contributed by atoms with van der Waals surface area (Å²) in [6.45, 7) is 3.34. The molecule has 0 amide bonds. The van der Waals surface area contributed by atoms with Crippen LogP contribution in [0.25, 0.3) is 0 Å². The zero-order valence-corrected chi connectivity index (χ0v) is 11.8. The molecule has 0 spiro atoms. The Morgan fingerprint density at radius 1 is 1.30 bits per heavy atom. The maximum atomic E-state index is 12.0. The van der Waals surface area contributed by atoms with Crippen LogP contribution < -0.4 is 10.0 Å². The van der Waals surface area contributed by atoms with Crippen molar-refractivity contribution in [2.75, 3.05) is 6.54 Å². The van der Waals surface area contributed by atoms with Gasteiger partial charge < -0.3 is 14.3 Å². The second-order valence-corrected chi connectivity index (χ2v) is 5.77. The summed E-state index contributed by atoms with van der Waals surface area (Å²) in [5.41, 5.74) is 0. The first kappa shape index (κ1) is 14.7. The Morgan fingerprint density at radius 2 is 2.15 bits per heavy atom. The van der Waals surface area contributed by atoms with E-state index in [1.165, 1.54) is 6.07 Å². The highest BCUT2D eigenvalue weighted by atomic mass is 32.2. The molecule has 0 aliphatic carbocycles. The molecule has 9 heteroatoms. The van der Waals surface area contributed by atoms with Gasteiger partial charge >= 0.3 is 0 Å². The molecule has 0 radical (unpaired) electrons. The summed E-state index contributed by atoms with van der Waals surface area (Å²) in [5, 5.41) is 6.51. The van der Waals surface area contributed by atoms with Crippen molar-refractivity contribution in [1.29, 1.82) is 0 Å². The van der Waals surface area contributed by atoms with Crippen LogP contribution in [0.3, 0.4) is 0 Å². The minimum atomic E-state index is -3.71. The molecule has 20 heavy (non-hydrogen) atoms. The van der Waals surface area contributed by atoms with E-state index < -0.39 is 10.0 Å². The standard InChI is InChI=1S/C11H16N4O4S/c1-2-5-12-6-9-3-4-11(19-9)20(16,17)14-7-10-13-8-18-15-10/h3-4,8,12,14H,2,5-7H2,1H3. The van der Waals surface area contributed by atoms with Crippen LogP contribution in [0.15, 0.2) is 32.6 Å². The van der Waals surface area contributed by atoms with E-state index >= 15 is 0 Å². The molecule has 2 rings (SSSR count). The number of sulfonamides is 1. The lowest BCUT2D eigenvalue weighted by Gasteiger charge is -2.02. The van der Waals surface area contributed by atoms with Gasteiger partial charge in [0.2, 0.25) is 11.5 Å². The fraction of sp³-hybridized carbons (Fsp3) is 0.455. The van der Waals surface area contributed by atoms with Gasteiger partial charge in [0, 0.05) is 0 Å². The third-order valence-corrected chi connectivity index (χ3v) is 3.73. The first-order valence-electron chi connectivity index (χ1n) is 6.16. The molecule has 2 N–H and O–H groups in total. The summed E-state index contributed by atoms with van der Waals surface area (Å²) in [6, 6.07) is 3.05. The maximum absolute atomic E-state index is 12.0. The van der Waals surface area contributed by atoms with Crippen molar-refractivity contribution in [2.24, 2.45) is 0 Å². The van der Waals surface area contributed by atoms with Crippen LogP contribution in [-0.4, -0.2) is 25.1 Å². The van der Waals surface area contributed by atoms with E-state index in [1.54, 1.807) is 6.07 Å². The molecule has 0 aliphatic heterocycles. The van der Waals surface area contributed by atoms with Crippen molar-refractivity contribution in [2.45, 2.75) is 31.5 Å². The molecule has 0 aromatic carbocycles. The van der Waals surface area contributed by atoms with Crippen LogP contribution in [0.4, 0.5) is 0 Å². The monoisotopic (exact) mass is 300 g/mol. The zero-order valence-electron chi connectivity index (χ0n) is 11.0. The molecular formula is C11H16N4O4S. The Bertz CT molecular complexity index is 621. The SMILES string of the molecule is CCCNCc1ccc(S(=O)(=O)NCc2ncon2)o1. The molecule has 0 saturated heterocycles. The highest BCUT2D eigenvalue weighted by Gasteiger charge is 2.19. The predicted molar refractivity (Wildman–Crippen MR) is 69.0 cm³/mol. The molecule has 2 aromatic rings. The van der Waals surface area contributed by atoms with Crippen molar-refractivity contribution in [3.8, 4) is 0 Å². The third kappa shape index (κ3) is 3.89. The fourth-order valence-corrected chi connectivity index (χ4v) is 2.41. The van der Waals surface area contributed by atoms with Crippen molar-refractivity contribution in [3.63, 3.8) is 0 Å². The average Bonchev–Trinajstić information content (AvgIpc) is 3.08. The molecule has 2 heterocycles. The minimum absolute atomic E-state index is 0.0526. The number of hydrogen-bond acceptors (Lipinski definition) is 7. The Labute approximate surface area is 116 Å². The number of nitrogens with zero attached hydrogens (tertiary/aromatic N) is 2. The molecule has 0 atom stereocenters. The van der Waals surface area contributed by atoms with Gasteiger partial charge in [0.25, 0.3) is 10.0 Å². The summed E-state index contributed by atoms with van der Waals surface area (Å²) < 4.78 is 36.1. The smallest absolute Gasteiger partial charge is 0.274 e. The minimum Gasteiger partial charge on any atom is -0.447 e. The van der Waals surface area contributed by atoms with E-state index in [0.29, 0.717) is 12.3 Å². The van der Waals surface area contributed by atoms with E-state index in [-0.39, 0.29) is 17.5 Å². The summed E-state index contributed by atoms with van der Waals surface area (Å²) in [7, 11) is -3.71. The molecule has 0 saturated carbocycles. The van der Waals surface area contributed by atoms with Crippen LogP contribution >= 0.6 is 0 Å². The third-order valence-electron chi connectivity index (χ3n) is 2.46. The lowest BCUT2D eigenvalue weighted by molar-refractivity contribution is 0.398. The lowest BCUT2D eigenvalue weighted by atomic mass is 10.4. The van der Waals surface area contributed by atoms with Gasteiger partial charge in [0.05, 0.1) is 13.1 Å². The summed E-state index contributed by atoms with van der Waals surface area (Å²) >= 11 is 0. The van der Waals surface area contributed by atoms with Gasteiger partial charge in [-0.1, -0.05) is 12.1 Å². The van der Waals surface area contributed by atoms with Gasteiger partial charge in [-0.05, 0) is 25.1 Å². The van der Waals surface area contributed by atoms with E-state index in [9.17, 15) is 8.42 Å². The number of aromatic nitrogens is 2. The van der Waals surface area contributed by atoms with Crippen molar-refractivity contribution in [3.05, 3.63) is 30.1 Å². The van der Waals surface area contributed by atoms with E-state index in [0.717, 1.165) is 19.4 Å². The molecule has 2 aromatic heterocycles. The summed E-state index contributed by atoms with van der Waals surface area (Å²) in [6.07, 6.45) is 2.13. The molecule has 0 fully saturated rings. The molecule has 0 bridgehead atoms. The zero-order chi connectivity index (χ0) is 14.4. The summed E-state index contributed by atoms with van der Waals surface area (Å²) in [5.74, 6) is 0.823. The number of hydrogen-bond donors (Lipinski definition) is 2. The largest absolute Gasteiger partial charge is 0.447 e. The van der Waals surface area contributed by atoms with Gasteiger partial charge in [-0.15, -0.1) is 0 Å². The Hall–Kier alpha value is -1.71. The fourth-order valence-electron chi connectivity index (χ4n) is 1.49. The second-order valence-electron chi connectivity index (χ2n) is 4.07. The molecule has 110 valence electrons. The van der Waals surface area contributed by atoms with Crippen LogP contribution in [-0.2, 0) is 23.1 Å². The second kappa shape index (κ2) is 6.64. The Balaban J connectivity index is 1.95. The van der Waals surface area contributed by atoms with Crippen LogP contribution in [0.1, 0.15) is 24.9 Å². The van der Waals surface area contributed by atoms with Gasteiger partial charge in [0.1, 0.15) is 5.76 Å². The summed E-state index contributed by atoms with van der Waals surface area (Å²) in [4.78, 5) is 3.72. The molecule has 0 unspecified atom stereocenters.